The normalized spacial score (nSPS) is 25.3. The van der Waals surface area contributed by atoms with Crippen LogP contribution in [0.5, 0.6) is 0 Å². The maximum Gasteiger partial charge on any atom is 0.457 e. The van der Waals surface area contributed by atoms with Crippen LogP contribution in [0.25, 0.3) is 0 Å². The van der Waals surface area contributed by atoms with E-state index in [1.807, 2.05) is 58.0 Å². The van der Waals surface area contributed by atoms with Gasteiger partial charge in [-0.1, -0.05) is 36.8 Å². The van der Waals surface area contributed by atoms with E-state index in [1.165, 1.54) is 0 Å². The molecule has 0 bridgehead atoms. The molecule has 0 spiro atoms. The summed E-state index contributed by atoms with van der Waals surface area (Å²) >= 11 is 0. The summed E-state index contributed by atoms with van der Waals surface area (Å²) in [6.07, 6.45) is 1.93. The molecule has 4 rings (SSSR count). The minimum absolute atomic E-state index is 0.0524. The molecule has 2 heterocycles. The van der Waals surface area contributed by atoms with Gasteiger partial charge < -0.3 is 30.4 Å². The highest BCUT2D eigenvalue weighted by Gasteiger charge is 2.53. The topological polar surface area (TPSA) is 134 Å². The van der Waals surface area contributed by atoms with E-state index in [4.69, 9.17) is 25.5 Å². The molecule has 2 aliphatic heterocycles. The molecule has 35 heavy (non-hydrogen) atoms. The van der Waals surface area contributed by atoms with Gasteiger partial charge in [0, 0.05) is 19.0 Å². The van der Waals surface area contributed by atoms with Gasteiger partial charge >= 0.3 is 13.1 Å². The zero-order valence-corrected chi connectivity index (χ0v) is 20.8. The molecule has 4 N–H and O–H groups in total. The first-order valence-corrected chi connectivity index (χ1v) is 12.0. The number of carbonyl (C=O) groups excluding carboxylic acids is 1. The van der Waals surface area contributed by atoms with E-state index in [0.29, 0.717) is 25.7 Å². The predicted molar refractivity (Wildman–Crippen MR) is 135 cm³/mol. The van der Waals surface area contributed by atoms with Gasteiger partial charge in [-0.2, -0.15) is 0 Å². The van der Waals surface area contributed by atoms with Crippen molar-refractivity contribution in [2.24, 2.45) is 11.7 Å². The number of nitrogens with zero attached hydrogens (tertiary/aromatic N) is 1. The minimum Gasteiger partial charge on any atom is -0.459 e. The second-order valence-electron chi connectivity index (χ2n) is 10.7. The van der Waals surface area contributed by atoms with Crippen molar-refractivity contribution in [1.82, 2.24) is 0 Å². The molecular weight excluding hydrogens is 449 g/mol. The predicted octanol–water partition coefficient (Wildman–Crippen LogP) is 1.61. The molecule has 0 saturated carbocycles. The number of ether oxygens (including phenoxy) is 1. The maximum atomic E-state index is 13.2. The van der Waals surface area contributed by atoms with Crippen molar-refractivity contribution in [3.05, 3.63) is 56.3 Å². The van der Waals surface area contributed by atoms with Crippen molar-refractivity contribution < 1.29 is 18.8 Å². The summed E-state index contributed by atoms with van der Waals surface area (Å²) in [5.74, 6) is -0.848. The van der Waals surface area contributed by atoms with Crippen LogP contribution in [0.4, 0.5) is 11.4 Å². The molecule has 0 aromatic heterocycles. The Labute approximate surface area is 205 Å². The Morgan fingerprint density at radius 2 is 1.74 bits per heavy atom. The molecule has 2 aliphatic rings. The van der Waals surface area contributed by atoms with Crippen LogP contribution >= 0.6 is 0 Å². The molecule has 10 heteroatoms. The van der Waals surface area contributed by atoms with E-state index >= 15 is 0 Å². The van der Waals surface area contributed by atoms with Crippen molar-refractivity contribution in [3.8, 4) is 0 Å². The van der Waals surface area contributed by atoms with Crippen LogP contribution in [0.2, 0.25) is 6.32 Å². The second kappa shape index (κ2) is 9.07. The molecule has 2 aromatic carbocycles. The number of hydrogen-bond donors (Lipinski definition) is 2. The van der Waals surface area contributed by atoms with Crippen molar-refractivity contribution in [1.29, 1.82) is 0 Å². The second-order valence-corrected chi connectivity index (χ2v) is 10.7. The molecule has 9 nitrogen and oxygen atoms in total. The third-order valence-electron chi connectivity index (χ3n) is 7.75. The van der Waals surface area contributed by atoms with Gasteiger partial charge in [0.15, 0.2) is 0 Å². The van der Waals surface area contributed by atoms with E-state index in [2.05, 4.69) is 0 Å². The average Bonchev–Trinajstić information content (AvgIpc) is 3.24. The van der Waals surface area contributed by atoms with E-state index in [1.54, 1.807) is 4.90 Å². The molecule has 2 fully saturated rings. The highest BCUT2D eigenvalue weighted by molar-refractivity contribution is 6.45. The van der Waals surface area contributed by atoms with Crippen LogP contribution in [0.1, 0.15) is 46.1 Å². The van der Waals surface area contributed by atoms with Gasteiger partial charge in [-0.25, -0.2) is 4.79 Å². The van der Waals surface area contributed by atoms with Gasteiger partial charge in [0.05, 0.1) is 11.2 Å². The molecule has 2 saturated heterocycles. The molecule has 2 aromatic rings. The number of rotatable bonds is 8. The summed E-state index contributed by atoms with van der Waals surface area (Å²) in [6, 6.07) is 9.35. The lowest BCUT2D eigenvalue weighted by molar-refractivity contribution is -0.152. The van der Waals surface area contributed by atoms with Crippen molar-refractivity contribution in [2.75, 3.05) is 23.7 Å². The molecule has 0 unspecified atom stereocenters. The van der Waals surface area contributed by atoms with E-state index < -0.39 is 33.6 Å². The van der Waals surface area contributed by atoms with E-state index in [9.17, 15) is 14.4 Å². The largest absolute Gasteiger partial charge is 0.459 e. The highest BCUT2D eigenvalue weighted by Crippen LogP contribution is 2.39. The van der Waals surface area contributed by atoms with Crippen LogP contribution in [-0.4, -0.2) is 42.9 Å². The lowest BCUT2D eigenvalue weighted by Crippen LogP contribution is -2.56. The standard InChI is InChI=1S/C25H34BN3O6/c1-23(2)24(3,4)35-26(34-23)12-8-11-17-13-29(19-18(27)20(30)21(19)31)15-25(17,28)22(32)33-14-16-9-6-5-7-10-16/h5-7,9-10,17H,8,11-15,27-28H2,1-4H3/t17-,25-/m0/s1. The Bertz CT molecular complexity index is 1140. The van der Waals surface area contributed by atoms with Crippen molar-refractivity contribution >= 4 is 24.5 Å². The first-order valence-electron chi connectivity index (χ1n) is 12.0. The van der Waals surface area contributed by atoms with Gasteiger partial charge in [-0.3, -0.25) is 9.59 Å². The fourth-order valence-electron chi connectivity index (χ4n) is 4.87. The summed E-state index contributed by atoms with van der Waals surface area (Å²) in [7, 11) is -0.348. The first kappa shape index (κ1) is 25.4. The third kappa shape index (κ3) is 4.62. The number of nitrogens with two attached hydrogens (primary N) is 2. The quantitative estimate of drug-likeness (QED) is 0.326. The van der Waals surface area contributed by atoms with Gasteiger partial charge in [0.25, 0.3) is 10.9 Å². The van der Waals surface area contributed by atoms with E-state index in [0.717, 1.165) is 5.56 Å². The minimum atomic E-state index is -1.35. The molecule has 0 aliphatic carbocycles. The number of carbonyl (C=O) groups is 1. The number of anilines is 2. The Morgan fingerprint density at radius 3 is 2.34 bits per heavy atom. The Kier molecular flexibility index (Phi) is 6.59. The van der Waals surface area contributed by atoms with Crippen LogP contribution in [0.3, 0.4) is 0 Å². The van der Waals surface area contributed by atoms with Crippen LogP contribution in [0, 0.1) is 5.92 Å². The molecular formula is C25H34BN3O6. The van der Waals surface area contributed by atoms with E-state index in [-0.39, 0.29) is 37.6 Å². The molecule has 2 atom stereocenters. The number of nitrogen functional groups attached to an aromatic ring is 1. The maximum absolute atomic E-state index is 13.2. The summed E-state index contributed by atoms with van der Waals surface area (Å²) in [6.45, 7) is 8.50. The van der Waals surface area contributed by atoms with Crippen LogP contribution in [0.15, 0.2) is 39.9 Å². The van der Waals surface area contributed by atoms with Crippen LogP contribution in [-0.2, 0) is 25.4 Å². The zero-order valence-electron chi connectivity index (χ0n) is 20.8. The Morgan fingerprint density at radius 1 is 1.11 bits per heavy atom. The Balaban J connectivity index is 1.45. The summed E-state index contributed by atoms with van der Waals surface area (Å²) in [4.78, 5) is 38.7. The van der Waals surface area contributed by atoms with Crippen LogP contribution < -0.4 is 27.2 Å². The highest BCUT2D eigenvalue weighted by atomic mass is 16.7. The van der Waals surface area contributed by atoms with Gasteiger partial charge in [0.2, 0.25) is 0 Å². The third-order valence-corrected chi connectivity index (χ3v) is 7.75. The number of hydrogen-bond acceptors (Lipinski definition) is 9. The summed E-state index contributed by atoms with van der Waals surface area (Å²) in [5.41, 5.74) is 9.89. The Hall–Kier alpha value is -2.69. The lowest BCUT2D eigenvalue weighted by Gasteiger charge is -2.32. The van der Waals surface area contributed by atoms with Gasteiger partial charge in [-0.15, -0.1) is 0 Å². The first-order chi connectivity index (χ1) is 16.4. The SMILES string of the molecule is CC1(C)OB(CCC[C@H]2CN(c3c(N)c(=O)c3=O)C[C@@]2(N)C(=O)OCc2ccccc2)OC1(C)C. The monoisotopic (exact) mass is 483 g/mol. The zero-order chi connectivity index (χ0) is 25.6. The van der Waals surface area contributed by atoms with Gasteiger partial charge in [0.1, 0.15) is 23.5 Å². The fraction of sp³-hybridized carbons (Fsp3) is 0.560. The van der Waals surface area contributed by atoms with Crippen molar-refractivity contribution in [3.63, 3.8) is 0 Å². The van der Waals surface area contributed by atoms with Crippen molar-refractivity contribution in [2.45, 2.75) is 70.2 Å². The number of esters is 1. The molecule has 0 amide bonds. The summed E-state index contributed by atoms with van der Waals surface area (Å²) < 4.78 is 17.8. The molecule has 0 radical (unpaired) electrons. The average molecular weight is 483 g/mol. The fourth-order valence-corrected chi connectivity index (χ4v) is 4.87. The number of benzene rings is 1. The lowest BCUT2D eigenvalue weighted by atomic mass is 9.78. The smallest absolute Gasteiger partial charge is 0.457 e. The summed E-state index contributed by atoms with van der Waals surface area (Å²) in [5, 5.41) is 0. The molecule has 188 valence electrons. The van der Waals surface area contributed by atoms with Gasteiger partial charge in [-0.05, 0) is 46.0 Å².